The van der Waals surface area contributed by atoms with Crippen molar-refractivity contribution in [2.24, 2.45) is 0 Å². The molecule has 0 saturated heterocycles. The van der Waals surface area contributed by atoms with Crippen LogP contribution in [-0.4, -0.2) is 43.3 Å². The van der Waals surface area contributed by atoms with Crippen LogP contribution in [0.4, 0.5) is 17.5 Å². The van der Waals surface area contributed by atoms with E-state index in [4.69, 9.17) is 4.74 Å². The first kappa shape index (κ1) is 19.0. The summed E-state index contributed by atoms with van der Waals surface area (Å²) in [4.78, 5) is 12.4. The number of H-pyrrole nitrogens is 1. The van der Waals surface area contributed by atoms with Crippen LogP contribution in [0.1, 0.15) is 18.9 Å². The van der Waals surface area contributed by atoms with Crippen molar-refractivity contribution in [1.82, 2.24) is 15.0 Å². The van der Waals surface area contributed by atoms with Crippen LogP contribution in [0.5, 0.6) is 5.75 Å². The number of nitrogens with zero attached hydrogens (tertiary/aromatic N) is 2. The molecular weight excluding hydrogens is 366 g/mol. The molecule has 9 heteroatoms. The lowest BCUT2D eigenvalue weighted by atomic mass is 10.2. The summed E-state index contributed by atoms with van der Waals surface area (Å²) in [5.41, 5.74) is 2.36. The molecule has 3 N–H and O–H groups in total. The molecular formula is C18H23N5O3S. The van der Waals surface area contributed by atoms with E-state index in [1.807, 2.05) is 13.1 Å². The molecule has 27 heavy (non-hydrogen) atoms. The van der Waals surface area contributed by atoms with Gasteiger partial charge in [0.05, 0.1) is 23.1 Å². The maximum atomic E-state index is 11.8. The zero-order valence-corrected chi connectivity index (χ0v) is 16.6. The molecule has 144 valence electrons. The molecule has 0 unspecified atom stereocenters. The van der Waals surface area contributed by atoms with Crippen molar-refractivity contribution in [3.8, 4) is 5.75 Å². The number of anilines is 3. The number of sulfone groups is 1. The van der Waals surface area contributed by atoms with Crippen molar-refractivity contribution in [3.05, 3.63) is 30.0 Å². The van der Waals surface area contributed by atoms with Gasteiger partial charge in [-0.2, -0.15) is 9.97 Å². The third-order valence-corrected chi connectivity index (χ3v) is 5.23. The number of hydrogen-bond donors (Lipinski definition) is 3. The van der Waals surface area contributed by atoms with E-state index < -0.39 is 9.84 Å². The molecule has 1 aromatic carbocycles. The SMILES string of the molecule is CCCNc1nc(Nc2ccc(S(C)(=O)=O)cc2OC)nc2[nH]cc(C)c12. The summed E-state index contributed by atoms with van der Waals surface area (Å²) < 4.78 is 28.8. The van der Waals surface area contributed by atoms with Crippen LogP contribution in [0.2, 0.25) is 0 Å². The summed E-state index contributed by atoms with van der Waals surface area (Å²) >= 11 is 0. The third-order valence-electron chi connectivity index (χ3n) is 4.12. The van der Waals surface area contributed by atoms with Gasteiger partial charge >= 0.3 is 0 Å². The Morgan fingerprint density at radius 3 is 2.70 bits per heavy atom. The normalized spacial score (nSPS) is 11.6. The average molecular weight is 389 g/mol. The number of ether oxygens (including phenoxy) is 1. The van der Waals surface area contributed by atoms with E-state index in [1.54, 1.807) is 6.07 Å². The molecule has 0 aliphatic heterocycles. The summed E-state index contributed by atoms with van der Waals surface area (Å²) in [6, 6.07) is 4.64. The highest BCUT2D eigenvalue weighted by atomic mass is 32.2. The summed E-state index contributed by atoms with van der Waals surface area (Å²) in [6.45, 7) is 4.88. The van der Waals surface area contributed by atoms with Crippen molar-refractivity contribution >= 4 is 38.3 Å². The molecule has 3 rings (SSSR count). The monoisotopic (exact) mass is 389 g/mol. The first-order chi connectivity index (χ1) is 12.8. The second kappa shape index (κ2) is 7.43. The second-order valence-electron chi connectivity index (χ2n) is 6.28. The van der Waals surface area contributed by atoms with Gasteiger partial charge < -0.3 is 20.4 Å². The summed E-state index contributed by atoms with van der Waals surface area (Å²) in [7, 11) is -1.84. The maximum Gasteiger partial charge on any atom is 0.231 e. The zero-order valence-electron chi connectivity index (χ0n) is 15.8. The van der Waals surface area contributed by atoms with Crippen LogP contribution in [-0.2, 0) is 9.84 Å². The van der Waals surface area contributed by atoms with Crippen LogP contribution >= 0.6 is 0 Å². The second-order valence-corrected chi connectivity index (χ2v) is 8.29. The molecule has 0 saturated carbocycles. The van der Waals surface area contributed by atoms with Crippen molar-refractivity contribution in [3.63, 3.8) is 0 Å². The minimum absolute atomic E-state index is 0.187. The number of methoxy groups -OCH3 is 1. The molecule has 2 heterocycles. The Morgan fingerprint density at radius 1 is 1.26 bits per heavy atom. The fourth-order valence-corrected chi connectivity index (χ4v) is 3.38. The van der Waals surface area contributed by atoms with Gasteiger partial charge in [0.1, 0.15) is 17.2 Å². The maximum absolute atomic E-state index is 11.8. The lowest BCUT2D eigenvalue weighted by Crippen LogP contribution is -2.07. The Morgan fingerprint density at radius 2 is 2.04 bits per heavy atom. The van der Waals surface area contributed by atoms with Gasteiger partial charge in [0.25, 0.3) is 0 Å². The van der Waals surface area contributed by atoms with Crippen molar-refractivity contribution in [1.29, 1.82) is 0 Å². The summed E-state index contributed by atoms with van der Waals surface area (Å²) in [6.07, 6.45) is 4.02. The van der Waals surface area contributed by atoms with Gasteiger partial charge in [-0.15, -0.1) is 0 Å². The molecule has 0 fully saturated rings. The fraction of sp³-hybridized carbons (Fsp3) is 0.333. The van der Waals surface area contributed by atoms with Crippen LogP contribution < -0.4 is 15.4 Å². The molecule has 0 aliphatic carbocycles. The van der Waals surface area contributed by atoms with Gasteiger partial charge in [0.2, 0.25) is 5.95 Å². The molecule has 0 amide bonds. The number of aryl methyl sites for hydroxylation is 1. The van der Waals surface area contributed by atoms with Gasteiger partial charge in [0, 0.05) is 25.1 Å². The lowest BCUT2D eigenvalue weighted by molar-refractivity contribution is 0.415. The van der Waals surface area contributed by atoms with E-state index >= 15 is 0 Å². The predicted molar refractivity (Wildman–Crippen MR) is 107 cm³/mol. The molecule has 0 radical (unpaired) electrons. The molecule has 0 spiro atoms. The van der Waals surface area contributed by atoms with Gasteiger partial charge in [-0.25, -0.2) is 8.42 Å². The van der Waals surface area contributed by atoms with Crippen LogP contribution in [0.25, 0.3) is 11.0 Å². The number of aromatic amines is 1. The number of benzene rings is 1. The summed E-state index contributed by atoms with van der Waals surface area (Å²) in [5, 5.41) is 7.40. The highest BCUT2D eigenvalue weighted by molar-refractivity contribution is 7.90. The number of fused-ring (bicyclic) bond motifs is 1. The van der Waals surface area contributed by atoms with Crippen molar-refractivity contribution < 1.29 is 13.2 Å². The molecule has 8 nitrogen and oxygen atoms in total. The van der Waals surface area contributed by atoms with Crippen molar-refractivity contribution in [2.75, 3.05) is 30.5 Å². The molecule has 0 aliphatic rings. The topological polar surface area (TPSA) is 109 Å². The zero-order chi connectivity index (χ0) is 19.6. The lowest BCUT2D eigenvalue weighted by Gasteiger charge is -2.13. The number of nitrogens with one attached hydrogen (secondary N) is 3. The van der Waals surface area contributed by atoms with E-state index in [1.165, 1.54) is 19.2 Å². The highest BCUT2D eigenvalue weighted by Gasteiger charge is 2.15. The molecule has 2 aromatic heterocycles. The largest absolute Gasteiger partial charge is 0.495 e. The standard InChI is InChI=1S/C18H23N5O3S/c1-5-8-19-16-15-11(2)10-20-17(15)23-18(22-16)21-13-7-6-12(27(4,24)25)9-14(13)26-3/h6-7,9-10H,5,8H2,1-4H3,(H3,19,20,21,22,23). The fourth-order valence-electron chi connectivity index (χ4n) is 2.74. The smallest absolute Gasteiger partial charge is 0.231 e. The van der Waals surface area contributed by atoms with E-state index in [0.29, 0.717) is 17.4 Å². The Bertz CT molecular complexity index is 1080. The Labute approximate surface area is 158 Å². The Hall–Kier alpha value is -2.81. The number of rotatable bonds is 7. The van der Waals surface area contributed by atoms with Crippen LogP contribution in [0.15, 0.2) is 29.3 Å². The predicted octanol–water partition coefficient (Wildman–Crippen LogP) is 3.24. The third kappa shape index (κ3) is 3.97. The summed E-state index contributed by atoms with van der Waals surface area (Å²) in [5.74, 6) is 1.52. The number of hydrogen-bond acceptors (Lipinski definition) is 7. The van der Waals surface area contributed by atoms with Gasteiger partial charge in [-0.3, -0.25) is 0 Å². The Kier molecular flexibility index (Phi) is 5.22. The average Bonchev–Trinajstić information content (AvgIpc) is 3.00. The first-order valence-corrected chi connectivity index (χ1v) is 10.5. The van der Waals surface area contributed by atoms with E-state index in [-0.39, 0.29) is 4.90 Å². The van der Waals surface area contributed by atoms with Gasteiger partial charge in [-0.05, 0) is 31.0 Å². The molecule has 3 aromatic rings. The van der Waals surface area contributed by atoms with E-state index in [2.05, 4.69) is 32.5 Å². The van der Waals surface area contributed by atoms with Crippen LogP contribution in [0, 0.1) is 6.92 Å². The minimum atomic E-state index is -3.32. The minimum Gasteiger partial charge on any atom is -0.495 e. The van der Waals surface area contributed by atoms with E-state index in [9.17, 15) is 8.42 Å². The van der Waals surface area contributed by atoms with Gasteiger partial charge in [0.15, 0.2) is 9.84 Å². The molecule has 0 bridgehead atoms. The van der Waals surface area contributed by atoms with E-state index in [0.717, 1.165) is 41.6 Å². The van der Waals surface area contributed by atoms with Crippen LogP contribution in [0.3, 0.4) is 0 Å². The van der Waals surface area contributed by atoms with Crippen molar-refractivity contribution in [2.45, 2.75) is 25.2 Å². The number of aromatic nitrogens is 3. The molecule has 0 atom stereocenters. The first-order valence-electron chi connectivity index (χ1n) is 8.58. The van der Waals surface area contributed by atoms with Gasteiger partial charge in [-0.1, -0.05) is 6.92 Å². The quantitative estimate of drug-likeness (QED) is 0.569. The Balaban J connectivity index is 2.01. The highest BCUT2D eigenvalue weighted by Crippen LogP contribution is 2.31.